The van der Waals surface area contributed by atoms with Gasteiger partial charge < -0.3 is 54.7 Å². The molecule has 0 amide bonds. The zero-order valence-electron chi connectivity index (χ0n) is 19.1. The van der Waals surface area contributed by atoms with E-state index in [0.717, 1.165) is 11.6 Å². The first-order chi connectivity index (χ1) is 17.2. The average Bonchev–Trinajstić information content (AvgIpc) is 3.09. The van der Waals surface area contributed by atoms with Crippen LogP contribution < -0.4 is 0 Å². The maximum atomic E-state index is 12.3. The van der Waals surface area contributed by atoms with Crippen molar-refractivity contribution in [2.24, 2.45) is 11.8 Å². The molecule has 0 bridgehead atoms. The van der Waals surface area contributed by atoms with Gasteiger partial charge in [-0.25, -0.2) is 4.79 Å². The number of aliphatic hydroxyl groups is 7. The van der Waals surface area contributed by atoms with Gasteiger partial charge in [-0.15, -0.1) is 0 Å². The van der Waals surface area contributed by atoms with Crippen molar-refractivity contribution in [3.05, 3.63) is 54.3 Å². The quantitative estimate of drug-likeness (QED) is 0.152. The fourth-order valence-electron chi connectivity index (χ4n) is 4.77. The summed E-state index contributed by atoms with van der Waals surface area (Å²) in [5.74, 6) is -2.91. The van der Waals surface area contributed by atoms with Crippen molar-refractivity contribution >= 4 is 12.0 Å². The number of hydrogen-bond acceptors (Lipinski definition) is 12. The lowest BCUT2D eigenvalue weighted by Gasteiger charge is -2.44. The van der Waals surface area contributed by atoms with Gasteiger partial charge in [0.25, 0.3) is 0 Å². The van der Waals surface area contributed by atoms with E-state index in [1.807, 2.05) is 6.07 Å². The van der Waals surface area contributed by atoms with E-state index in [-0.39, 0.29) is 0 Å². The molecule has 0 radical (unpaired) electrons. The molecule has 1 saturated carbocycles. The van der Waals surface area contributed by atoms with Gasteiger partial charge in [0.2, 0.25) is 6.29 Å². The first kappa shape index (κ1) is 26.7. The van der Waals surface area contributed by atoms with E-state index < -0.39 is 85.8 Å². The summed E-state index contributed by atoms with van der Waals surface area (Å²) >= 11 is 0. The third-order valence-electron chi connectivity index (χ3n) is 6.80. The van der Waals surface area contributed by atoms with Crippen LogP contribution in [0.5, 0.6) is 0 Å². The van der Waals surface area contributed by atoms with Crippen LogP contribution in [-0.4, -0.2) is 110 Å². The summed E-state index contributed by atoms with van der Waals surface area (Å²) in [5.41, 5.74) is -1.49. The van der Waals surface area contributed by atoms with Crippen LogP contribution in [0, 0.1) is 11.8 Å². The number of carbonyl (C=O) groups is 1. The molecule has 1 aromatic carbocycles. The van der Waals surface area contributed by atoms with Crippen LogP contribution in [0.15, 0.2) is 48.7 Å². The van der Waals surface area contributed by atoms with Gasteiger partial charge in [-0.2, -0.15) is 0 Å². The number of ether oxygens (including phenoxy) is 4. The summed E-state index contributed by atoms with van der Waals surface area (Å²) in [6.07, 6.45) is -7.38. The normalized spacial score (nSPS) is 42.2. The molecule has 12 heteroatoms. The number of fused-ring (bicyclic) bond motifs is 1. The molecular formula is C24H30O12. The fraction of sp³-hybridized carbons (Fsp3) is 0.542. The van der Waals surface area contributed by atoms with Crippen molar-refractivity contribution in [3.8, 4) is 0 Å². The van der Waals surface area contributed by atoms with Crippen molar-refractivity contribution in [2.45, 2.75) is 54.8 Å². The van der Waals surface area contributed by atoms with Crippen molar-refractivity contribution in [2.75, 3.05) is 13.2 Å². The second-order valence-electron chi connectivity index (χ2n) is 9.05. The first-order valence-electron chi connectivity index (χ1n) is 11.4. The molecule has 198 valence electrons. The van der Waals surface area contributed by atoms with Gasteiger partial charge in [0.15, 0.2) is 6.29 Å². The Labute approximate surface area is 206 Å². The molecule has 1 aromatic rings. The zero-order chi connectivity index (χ0) is 26.0. The predicted octanol–water partition coefficient (Wildman–Crippen LogP) is -2.37. The second-order valence-corrected chi connectivity index (χ2v) is 9.05. The van der Waals surface area contributed by atoms with E-state index in [0.29, 0.717) is 0 Å². The molecule has 7 N–H and O–H groups in total. The lowest BCUT2D eigenvalue weighted by molar-refractivity contribution is -0.348. The van der Waals surface area contributed by atoms with E-state index in [4.69, 9.17) is 18.9 Å². The molecule has 0 aromatic heterocycles. The highest BCUT2D eigenvalue weighted by molar-refractivity contribution is 5.87. The molecule has 2 fully saturated rings. The molecule has 11 atom stereocenters. The SMILES string of the molecule is O=C(C=Cc1ccccc1)OC[C@@]1(O)[C@H]2[C@H](O[C@@H]3O[C@H](CO)[C@@H](O)[C@H](O)[C@H]3O)OC=C[C@H]2[C@H](O)[C@H]1O. The predicted molar refractivity (Wildman–Crippen MR) is 119 cm³/mol. The lowest BCUT2D eigenvalue weighted by atomic mass is 9.83. The maximum absolute atomic E-state index is 12.3. The van der Waals surface area contributed by atoms with E-state index in [1.165, 1.54) is 18.4 Å². The lowest BCUT2D eigenvalue weighted by Crippen LogP contribution is -2.61. The maximum Gasteiger partial charge on any atom is 0.330 e. The molecule has 12 nitrogen and oxygen atoms in total. The van der Waals surface area contributed by atoms with Crippen LogP contribution in [0.4, 0.5) is 0 Å². The molecular weight excluding hydrogens is 480 g/mol. The van der Waals surface area contributed by atoms with Crippen LogP contribution in [0.3, 0.4) is 0 Å². The number of aliphatic hydroxyl groups excluding tert-OH is 6. The van der Waals surface area contributed by atoms with Gasteiger partial charge in [-0.3, -0.25) is 0 Å². The third-order valence-corrected chi connectivity index (χ3v) is 6.80. The van der Waals surface area contributed by atoms with E-state index in [1.54, 1.807) is 24.3 Å². The minimum absolute atomic E-state index is 0.684. The van der Waals surface area contributed by atoms with E-state index in [2.05, 4.69) is 0 Å². The molecule has 0 unspecified atom stereocenters. The standard InChI is InChI=1S/C24H30O12/c25-10-14-18(28)19(29)20(30)23(35-14)36-22-16-13(8-9-33-22)17(27)21(31)24(16,32)11-34-15(26)7-6-12-4-2-1-3-5-12/h1-9,13-14,16-23,25,27-32H,10-11H2/t13-,14-,16-,17+,18-,19+,20-,21-,22+,23+,24-/m1/s1. The van der Waals surface area contributed by atoms with Gasteiger partial charge in [-0.1, -0.05) is 30.3 Å². The largest absolute Gasteiger partial charge is 0.472 e. The summed E-state index contributed by atoms with van der Waals surface area (Å²) in [4.78, 5) is 12.3. The molecule has 2 heterocycles. The number of esters is 1. The van der Waals surface area contributed by atoms with Gasteiger partial charge in [0.1, 0.15) is 42.7 Å². The molecule has 2 aliphatic heterocycles. The van der Waals surface area contributed by atoms with Gasteiger partial charge in [-0.05, 0) is 17.7 Å². The second kappa shape index (κ2) is 10.9. The Kier molecular flexibility index (Phi) is 8.09. The number of hydrogen-bond donors (Lipinski definition) is 7. The summed E-state index contributed by atoms with van der Waals surface area (Å²) in [7, 11) is 0. The van der Waals surface area contributed by atoms with Crippen LogP contribution in [0.1, 0.15) is 5.56 Å². The summed E-state index contributed by atoms with van der Waals surface area (Å²) in [5, 5.41) is 72.3. The van der Waals surface area contributed by atoms with Crippen molar-refractivity contribution in [1.82, 2.24) is 0 Å². The zero-order valence-corrected chi connectivity index (χ0v) is 19.1. The fourth-order valence-corrected chi connectivity index (χ4v) is 4.77. The van der Waals surface area contributed by atoms with Crippen LogP contribution in [-0.2, 0) is 23.7 Å². The van der Waals surface area contributed by atoms with Crippen LogP contribution in [0.2, 0.25) is 0 Å². The Balaban J connectivity index is 1.49. The van der Waals surface area contributed by atoms with Crippen molar-refractivity contribution in [3.63, 3.8) is 0 Å². The highest BCUT2D eigenvalue weighted by atomic mass is 16.8. The Morgan fingerprint density at radius 3 is 2.42 bits per heavy atom. The summed E-state index contributed by atoms with van der Waals surface area (Å²) < 4.78 is 21.6. The smallest absolute Gasteiger partial charge is 0.330 e. The van der Waals surface area contributed by atoms with Gasteiger partial charge in [0, 0.05) is 12.0 Å². The molecule has 36 heavy (non-hydrogen) atoms. The molecule has 1 saturated heterocycles. The Hall–Kier alpha value is -2.39. The Bertz CT molecular complexity index is 952. The van der Waals surface area contributed by atoms with Gasteiger partial charge >= 0.3 is 5.97 Å². The first-order valence-corrected chi connectivity index (χ1v) is 11.4. The van der Waals surface area contributed by atoms with Crippen molar-refractivity contribution < 1.29 is 59.5 Å². The minimum atomic E-state index is -2.23. The van der Waals surface area contributed by atoms with Gasteiger partial charge in [0.05, 0.1) is 24.9 Å². The van der Waals surface area contributed by atoms with Crippen LogP contribution >= 0.6 is 0 Å². The minimum Gasteiger partial charge on any atom is -0.472 e. The Morgan fingerprint density at radius 1 is 1.00 bits per heavy atom. The summed E-state index contributed by atoms with van der Waals surface area (Å²) in [6, 6.07) is 8.93. The molecule has 1 aliphatic carbocycles. The topological polar surface area (TPSA) is 196 Å². The van der Waals surface area contributed by atoms with E-state index in [9.17, 15) is 40.5 Å². The summed E-state index contributed by atoms with van der Waals surface area (Å²) in [6.45, 7) is -1.41. The van der Waals surface area contributed by atoms with Crippen LogP contribution in [0.25, 0.3) is 6.08 Å². The highest BCUT2D eigenvalue weighted by Gasteiger charge is 2.64. The molecule has 3 aliphatic rings. The number of rotatable bonds is 7. The number of carbonyl (C=O) groups excluding carboxylic acids is 1. The molecule has 0 spiro atoms. The monoisotopic (exact) mass is 510 g/mol. The van der Waals surface area contributed by atoms with Crippen molar-refractivity contribution in [1.29, 1.82) is 0 Å². The third kappa shape index (κ3) is 5.05. The molecule has 4 rings (SSSR count). The average molecular weight is 510 g/mol. The van der Waals surface area contributed by atoms with E-state index >= 15 is 0 Å². The number of benzene rings is 1. The highest BCUT2D eigenvalue weighted by Crippen LogP contribution is 2.47. The Morgan fingerprint density at radius 2 is 1.72 bits per heavy atom.